The van der Waals surface area contributed by atoms with Crippen LogP contribution in [0.25, 0.3) is 6.08 Å². The molecule has 2 aromatic carbocycles. The lowest BCUT2D eigenvalue weighted by molar-refractivity contribution is 0.375. The quantitative estimate of drug-likeness (QED) is 0.525. The zero-order chi connectivity index (χ0) is 20.6. The standard InChI is InChI=1S/C24H28N6/c1-25-24(29-12-10-21(11-13-29)14-20-6-3-2-4-7-20)27-16-22-8-5-9-23(15-22)17-30-19-26-18-28-30/h2-9,14-15,18-19H,10-13,16-17H2,1H3,(H,25,27). The van der Waals surface area contributed by atoms with Crippen molar-refractivity contribution in [2.24, 2.45) is 4.99 Å². The van der Waals surface area contributed by atoms with Crippen molar-refractivity contribution in [3.8, 4) is 0 Å². The number of guanidine groups is 1. The van der Waals surface area contributed by atoms with Crippen LogP contribution >= 0.6 is 0 Å². The molecule has 6 heteroatoms. The van der Waals surface area contributed by atoms with Gasteiger partial charge in [0.15, 0.2) is 5.96 Å². The third kappa shape index (κ3) is 5.35. The second kappa shape index (κ2) is 9.87. The first-order valence-corrected chi connectivity index (χ1v) is 10.4. The van der Waals surface area contributed by atoms with Crippen molar-refractivity contribution in [3.63, 3.8) is 0 Å². The largest absolute Gasteiger partial charge is 0.352 e. The molecule has 3 aromatic rings. The average molecular weight is 401 g/mol. The predicted molar refractivity (Wildman–Crippen MR) is 121 cm³/mol. The molecule has 4 rings (SSSR count). The number of piperidine rings is 1. The third-order valence-corrected chi connectivity index (χ3v) is 5.34. The van der Waals surface area contributed by atoms with Crippen molar-refractivity contribution in [2.75, 3.05) is 20.1 Å². The number of nitrogens with one attached hydrogen (secondary N) is 1. The minimum Gasteiger partial charge on any atom is -0.352 e. The summed E-state index contributed by atoms with van der Waals surface area (Å²) in [5, 5.41) is 7.71. The predicted octanol–water partition coefficient (Wildman–Crippen LogP) is 3.58. The van der Waals surface area contributed by atoms with Gasteiger partial charge in [-0.2, -0.15) is 5.10 Å². The van der Waals surface area contributed by atoms with Gasteiger partial charge in [0, 0.05) is 26.7 Å². The molecule has 1 N–H and O–H groups in total. The Hall–Kier alpha value is -3.41. The van der Waals surface area contributed by atoms with Crippen molar-refractivity contribution in [1.29, 1.82) is 0 Å². The Morgan fingerprint density at radius 1 is 1.07 bits per heavy atom. The fourth-order valence-corrected chi connectivity index (χ4v) is 3.79. The van der Waals surface area contributed by atoms with E-state index in [1.807, 2.05) is 11.7 Å². The number of nitrogens with zero attached hydrogens (tertiary/aromatic N) is 5. The second-order valence-electron chi connectivity index (χ2n) is 7.51. The first kappa shape index (κ1) is 19.9. The highest BCUT2D eigenvalue weighted by Gasteiger charge is 2.17. The fraction of sp³-hybridized carbons (Fsp3) is 0.292. The van der Waals surface area contributed by atoms with Crippen molar-refractivity contribution in [2.45, 2.75) is 25.9 Å². The van der Waals surface area contributed by atoms with Crippen LogP contribution in [0.2, 0.25) is 0 Å². The van der Waals surface area contributed by atoms with Crippen molar-refractivity contribution >= 4 is 12.0 Å². The molecule has 2 heterocycles. The molecular weight excluding hydrogens is 372 g/mol. The molecule has 0 aliphatic carbocycles. The number of rotatable bonds is 5. The molecule has 0 saturated carbocycles. The highest BCUT2D eigenvalue weighted by molar-refractivity contribution is 5.80. The molecule has 154 valence electrons. The molecule has 1 aliphatic rings. The highest BCUT2D eigenvalue weighted by atomic mass is 15.3. The SMILES string of the molecule is CN=C(NCc1cccc(Cn2cncn2)c1)N1CCC(=Cc2ccccc2)CC1. The summed E-state index contributed by atoms with van der Waals surface area (Å²) in [6, 6.07) is 19.1. The van der Waals surface area contributed by atoms with Crippen LogP contribution in [-0.2, 0) is 13.1 Å². The molecule has 1 fully saturated rings. The van der Waals surface area contributed by atoms with Gasteiger partial charge in [0.05, 0.1) is 6.54 Å². The Kier molecular flexibility index (Phi) is 6.54. The monoisotopic (exact) mass is 400 g/mol. The Morgan fingerprint density at radius 2 is 1.87 bits per heavy atom. The number of likely N-dealkylation sites (tertiary alicyclic amines) is 1. The van der Waals surface area contributed by atoms with E-state index in [1.165, 1.54) is 22.3 Å². The number of hydrogen-bond acceptors (Lipinski definition) is 3. The van der Waals surface area contributed by atoms with Crippen LogP contribution < -0.4 is 5.32 Å². The maximum atomic E-state index is 4.51. The Morgan fingerprint density at radius 3 is 2.60 bits per heavy atom. The minimum absolute atomic E-state index is 0.727. The molecule has 0 radical (unpaired) electrons. The van der Waals surface area contributed by atoms with E-state index in [-0.39, 0.29) is 0 Å². The van der Waals surface area contributed by atoms with Gasteiger partial charge in [-0.15, -0.1) is 0 Å². The van der Waals surface area contributed by atoms with Gasteiger partial charge in [-0.3, -0.25) is 4.99 Å². The first-order valence-electron chi connectivity index (χ1n) is 10.4. The zero-order valence-electron chi connectivity index (χ0n) is 17.4. The van der Waals surface area contributed by atoms with E-state index in [2.05, 4.69) is 86.0 Å². The van der Waals surface area contributed by atoms with Gasteiger partial charge in [0.25, 0.3) is 0 Å². The summed E-state index contributed by atoms with van der Waals surface area (Å²) in [6.45, 7) is 3.46. The van der Waals surface area contributed by atoms with E-state index in [0.29, 0.717) is 0 Å². The molecule has 0 bridgehead atoms. The molecular formula is C24H28N6. The highest BCUT2D eigenvalue weighted by Crippen LogP contribution is 2.19. The lowest BCUT2D eigenvalue weighted by Gasteiger charge is -2.31. The summed E-state index contributed by atoms with van der Waals surface area (Å²) >= 11 is 0. The van der Waals surface area contributed by atoms with Gasteiger partial charge in [0.1, 0.15) is 12.7 Å². The van der Waals surface area contributed by atoms with Crippen molar-refractivity contribution < 1.29 is 0 Å². The molecule has 0 spiro atoms. The van der Waals surface area contributed by atoms with Gasteiger partial charge >= 0.3 is 0 Å². The Labute approximate surface area is 178 Å². The third-order valence-electron chi connectivity index (χ3n) is 5.34. The van der Waals surface area contributed by atoms with Crippen LogP contribution in [-0.4, -0.2) is 45.8 Å². The molecule has 30 heavy (non-hydrogen) atoms. The normalized spacial score (nSPS) is 14.6. The number of aromatic nitrogens is 3. The smallest absolute Gasteiger partial charge is 0.193 e. The topological polar surface area (TPSA) is 58.3 Å². The number of hydrogen-bond donors (Lipinski definition) is 1. The average Bonchev–Trinajstić information content (AvgIpc) is 3.29. The molecule has 0 atom stereocenters. The van der Waals surface area contributed by atoms with E-state index in [0.717, 1.165) is 45.0 Å². The molecule has 1 saturated heterocycles. The summed E-state index contributed by atoms with van der Waals surface area (Å²) in [7, 11) is 1.86. The van der Waals surface area contributed by atoms with E-state index in [9.17, 15) is 0 Å². The van der Waals surface area contributed by atoms with Crippen molar-refractivity contribution in [1.82, 2.24) is 25.0 Å². The van der Waals surface area contributed by atoms with Gasteiger partial charge in [0.2, 0.25) is 0 Å². The summed E-state index contributed by atoms with van der Waals surface area (Å²) in [5.74, 6) is 0.968. The summed E-state index contributed by atoms with van der Waals surface area (Å²) in [4.78, 5) is 10.9. The summed E-state index contributed by atoms with van der Waals surface area (Å²) < 4.78 is 1.83. The van der Waals surface area contributed by atoms with Crippen LogP contribution in [0.4, 0.5) is 0 Å². The van der Waals surface area contributed by atoms with Gasteiger partial charge in [-0.25, -0.2) is 9.67 Å². The van der Waals surface area contributed by atoms with E-state index in [4.69, 9.17) is 0 Å². The maximum Gasteiger partial charge on any atom is 0.193 e. The zero-order valence-corrected chi connectivity index (χ0v) is 17.4. The fourth-order valence-electron chi connectivity index (χ4n) is 3.79. The van der Waals surface area contributed by atoms with Gasteiger partial charge in [-0.1, -0.05) is 66.2 Å². The number of aliphatic imine (C=N–C) groups is 1. The van der Waals surface area contributed by atoms with Crippen LogP contribution in [0.3, 0.4) is 0 Å². The molecule has 6 nitrogen and oxygen atoms in total. The van der Waals surface area contributed by atoms with Crippen molar-refractivity contribution in [3.05, 3.63) is 89.5 Å². The number of benzene rings is 2. The van der Waals surface area contributed by atoms with Gasteiger partial charge in [-0.05, 0) is 29.5 Å². The van der Waals surface area contributed by atoms with Crippen LogP contribution in [0.5, 0.6) is 0 Å². The molecule has 1 aliphatic heterocycles. The Balaban J connectivity index is 1.31. The Bertz CT molecular complexity index is 982. The molecule has 0 unspecified atom stereocenters. The van der Waals surface area contributed by atoms with Crippen LogP contribution in [0.15, 0.2) is 77.8 Å². The minimum atomic E-state index is 0.727. The van der Waals surface area contributed by atoms with E-state index in [1.54, 1.807) is 12.7 Å². The van der Waals surface area contributed by atoms with Crippen LogP contribution in [0, 0.1) is 0 Å². The summed E-state index contributed by atoms with van der Waals surface area (Å²) in [6.07, 6.45) is 7.78. The van der Waals surface area contributed by atoms with Crippen LogP contribution in [0.1, 0.15) is 29.5 Å². The molecule has 0 amide bonds. The van der Waals surface area contributed by atoms with Gasteiger partial charge < -0.3 is 10.2 Å². The summed E-state index contributed by atoms with van der Waals surface area (Å²) in [5.41, 5.74) is 5.24. The van der Waals surface area contributed by atoms with E-state index >= 15 is 0 Å². The lowest BCUT2D eigenvalue weighted by atomic mass is 10.0. The van der Waals surface area contributed by atoms with E-state index < -0.39 is 0 Å². The maximum absolute atomic E-state index is 4.51. The molecule has 1 aromatic heterocycles. The lowest BCUT2D eigenvalue weighted by Crippen LogP contribution is -2.44. The first-order chi connectivity index (χ1) is 14.8. The second-order valence-corrected chi connectivity index (χ2v) is 7.51.